The minimum absolute atomic E-state index is 0.0133. The Morgan fingerprint density at radius 1 is 0.900 bits per heavy atom. The maximum Gasteiger partial charge on any atom is 0.245 e. The Balaban J connectivity index is 1.49. The number of primary amides is 1. The normalized spacial score (nSPS) is 21.8. The van der Waals surface area contributed by atoms with Crippen molar-refractivity contribution in [2.75, 3.05) is 19.6 Å². The second-order valence-corrected chi connectivity index (χ2v) is 18.6. The van der Waals surface area contributed by atoms with Gasteiger partial charge in [-0.15, -0.1) is 0 Å². The van der Waals surface area contributed by atoms with Crippen LogP contribution in [-0.4, -0.2) is 112 Å². The number of hydrogen-bond donors (Lipinski definition) is 8. The summed E-state index contributed by atoms with van der Waals surface area (Å²) < 4.78 is 0. The van der Waals surface area contributed by atoms with Gasteiger partial charge in [0.25, 0.3) is 0 Å². The Labute approximate surface area is 408 Å². The molecule has 0 aliphatic carbocycles. The summed E-state index contributed by atoms with van der Waals surface area (Å²) in [4.78, 5) is 133. The molecule has 11 N–H and O–H groups in total. The maximum absolute atomic E-state index is 14.6. The summed E-state index contributed by atoms with van der Waals surface area (Å²) in [6.45, 7) is 3.47. The molecular weight excluding hydrogens is 897 g/mol. The molecular formula is C51H70N10O9. The van der Waals surface area contributed by atoms with E-state index in [0.29, 0.717) is 25.7 Å². The van der Waals surface area contributed by atoms with Gasteiger partial charge in [0.15, 0.2) is 11.7 Å². The molecule has 19 heteroatoms. The first-order valence-corrected chi connectivity index (χ1v) is 24.5. The lowest BCUT2D eigenvalue weighted by molar-refractivity contribution is -0.142. The lowest BCUT2D eigenvalue weighted by Crippen LogP contribution is -2.57. The number of hydrogen-bond acceptors (Lipinski definition) is 10. The fraction of sp³-hybridized carbons (Fsp3) is 0.529. The largest absolute Gasteiger partial charge is 0.370 e. The molecule has 0 bridgehead atoms. The molecule has 0 unspecified atom stereocenters. The highest BCUT2D eigenvalue weighted by molar-refractivity contribution is 5.98. The lowest BCUT2D eigenvalue weighted by atomic mass is 9.81. The number of aliphatic imine (C=N–C) groups is 1. The van der Waals surface area contributed by atoms with Crippen LogP contribution in [0.1, 0.15) is 108 Å². The van der Waals surface area contributed by atoms with Crippen LogP contribution < -0.4 is 38.5 Å². The molecule has 0 spiro atoms. The van der Waals surface area contributed by atoms with Gasteiger partial charge < -0.3 is 48.4 Å². The monoisotopic (exact) mass is 967 g/mol. The lowest BCUT2D eigenvalue weighted by Gasteiger charge is -2.31. The van der Waals surface area contributed by atoms with Crippen molar-refractivity contribution in [2.45, 2.75) is 134 Å². The molecule has 2 aromatic carbocycles. The number of rotatable bonds is 18. The van der Waals surface area contributed by atoms with E-state index < -0.39 is 94.7 Å². The van der Waals surface area contributed by atoms with E-state index in [1.54, 1.807) is 18.3 Å². The van der Waals surface area contributed by atoms with Crippen LogP contribution in [0, 0.1) is 17.8 Å². The predicted octanol–water partition coefficient (Wildman–Crippen LogP) is 2.17. The summed E-state index contributed by atoms with van der Waals surface area (Å²) in [6, 6.07) is 12.2. The fourth-order valence-electron chi connectivity index (χ4n) is 9.41. The molecule has 2 aliphatic heterocycles. The molecule has 6 amide bonds. The van der Waals surface area contributed by atoms with Crippen LogP contribution in [0.25, 0.3) is 10.9 Å². The van der Waals surface area contributed by atoms with Gasteiger partial charge in [0, 0.05) is 87.1 Å². The number of H-pyrrole nitrogens is 1. The van der Waals surface area contributed by atoms with Gasteiger partial charge in [0.05, 0.1) is 6.04 Å². The Hall–Kier alpha value is -6.92. The Morgan fingerprint density at radius 3 is 2.36 bits per heavy atom. The van der Waals surface area contributed by atoms with Gasteiger partial charge in [-0.3, -0.25) is 48.1 Å². The van der Waals surface area contributed by atoms with E-state index in [-0.39, 0.29) is 89.8 Å². The van der Waals surface area contributed by atoms with Crippen molar-refractivity contribution in [3.8, 4) is 0 Å². The molecule has 2 aliphatic rings. The number of aromatic amines is 1. The number of nitrogens with one attached hydrogen (secondary N) is 5. The van der Waals surface area contributed by atoms with Crippen molar-refractivity contribution in [1.82, 2.24) is 31.2 Å². The number of ketones is 3. The van der Waals surface area contributed by atoms with E-state index in [0.717, 1.165) is 28.5 Å². The third-order valence-corrected chi connectivity index (χ3v) is 13.3. The molecule has 70 heavy (non-hydrogen) atoms. The van der Waals surface area contributed by atoms with E-state index in [9.17, 15) is 43.2 Å². The number of para-hydroxylation sites is 1. The number of aromatic nitrogens is 1. The van der Waals surface area contributed by atoms with Gasteiger partial charge in [-0.2, -0.15) is 0 Å². The van der Waals surface area contributed by atoms with E-state index in [2.05, 4.69) is 31.2 Å². The first kappa shape index (κ1) is 54.0. The van der Waals surface area contributed by atoms with Crippen molar-refractivity contribution in [1.29, 1.82) is 0 Å². The molecule has 2 fully saturated rings. The second kappa shape index (κ2) is 26.7. The zero-order chi connectivity index (χ0) is 50.7. The molecule has 5 rings (SSSR count). The highest BCUT2D eigenvalue weighted by Gasteiger charge is 2.40. The molecule has 19 nitrogen and oxygen atoms in total. The third kappa shape index (κ3) is 16.1. The number of carbonyl (C=O) groups excluding carboxylic acids is 9. The van der Waals surface area contributed by atoms with Crippen LogP contribution in [-0.2, 0) is 56.0 Å². The molecule has 7 atom stereocenters. The molecule has 2 saturated heterocycles. The summed E-state index contributed by atoms with van der Waals surface area (Å²) in [5.74, 6) is -7.77. The van der Waals surface area contributed by atoms with E-state index >= 15 is 0 Å². The summed E-state index contributed by atoms with van der Waals surface area (Å²) in [6.07, 6.45) is 3.45. The van der Waals surface area contributed by atoms with Crippen molar-refractivity contribution < 1.29 is 43.2 Å². The first-order valence-electron chi connectivity index (χ1n) is 24.5. The van der Waals surface area contributed by atoms with Gasteiger partial charge in [0.2, 0.25) is 35.4 Å². The summed E-state index contributed by atoms with van der Waals surface area (Å²) >= 11 is 0. The molecule has 3 aromatic rings. The number of nitrogens with two attached hydrogens (primary N) is 3. The van der Waals surface area contributed by atoms with E-state index in [1.807, 2.05) is 49.4 Å². The molecule has 0 radical (unpaired) electrons. The number of Topliss-reactive ketones (excluding diaryl/α,β-unsaturated/α-hetero) is 3. The van der Waals surface area contributed by atoms with Crippen molar-refractivity contribution in [2.24, 2.45) is 39.9 Å². The van der Waals surface area contributed by atoms with Crippen LogP contribution in [0.4, 0.5) is 0 Å². The number of nitrogens with zero attached hydrogens (tertiary/aromatic N) is 2. The number of amides is 6. The second-order valence-electron chi connectivity index (χ2n) is 18.6. The van der Waals surface area contributed by atoms with Crippen molar-refractivity contribution >= 4 is 69.7 Å². The van der Waals surface area contributed by atoms with Gasteiger partial charge in [0.1, 0.15) is 29.7 Å². The van der Waals surface area contributed by atoms with Crippen LogP contribution in [0.5, 0.6) is 0 Å². The van der Waals surface area contributed by atoms with Gasteiger partial charge in [-0.1, -0.05) is 68.3 Å². The van der Waals surface area contributed by atoms with Crippen molar-refractivity contribution in [3.05, 3.63) is 71.9 Å². The summed E-state index contributed by atoms with van der Waals surface area (Å²) in [5, 5.41) is 12.0. The maximum atomic E-state index is 14.6. The quantitative estimate of drug-likeness (QED) is 0.0519. The topological polar surface area (TPSA) is 311 Å². The average molecular weight is 967 g/mol. The van der Waals surface area contributed by atoms with Gasteiger partial charge >= 0.3 is 0 Å². The molecule has 0 saturated carbocycles. The number of benzene rings is 2. The molecule has 1 aromatic heterocycles. The number of carbonyl (C=O) groups is 9. The fourth-order valence-corrected chi connectivity index (χ4v) is 9.41. The molecule has 3 heterocycles. The predicted molar refractivity (Wildman–Crippen MR) is 263 cm³/mol. The third-order valence-electron chi connectivity index (χ3n) is 13.3. The van der Waals surface area contributed by atoms with Crippen LogP contribution in [0.15, 0.2) is 65.8 Å². The van der Waals surface area contributed by atoms with Crippen LogP contribution >= 0.6 is 0 Å². The number of fused-ring (bicyclic) bond motifs is 2. The SMILES string of the molecule is CCCC[C@H](NC(C)=O)C(=O)N[C@H]1CCC(=O)NCC[C@@H](C(=O)C[C@@H](Cc2c[nH]c3ccccc23)C(N)=O)CC(=O)[C@H](CCCN=C(N)N)CC(=O)[C@@H](Cc2ccccc2)NC(=O)[C@H]2CCCN2C1=O. The first-order chi connectivity index (χ1) is 33.5. The van der Waals surface area contributed by atoms with E-state index in [4.69, 9.17) is 17.2 Å². The molecule has 378 valence electrons. The van der Waals surface area contributed by atoms with Gasteiger partial charge in [-0.25, -0.2) is 0 Å². The highest BCUT2D eigenvalue weighted by atomic mass is 16.2. The van der Waals surface area contributed by atoms with Gasteiger partial charge in [-0.05, 0) is 75.0 Å². The van der Waals surface area contributed by atoms with E-state index in [1.165, 1.54) is 11.8 Å². The number of guanidine groups is 1. The smallest absolute Gasteiger partial charge is 0.245 e. The average Bonchev–Trinajstić information content (AvgIpc) is 3.99. The number of unbranched alkanes of at least 4 members (excludes halogenated alkanes) is 1. The standard InChI is InChI=1S/C51H70N10O9/c1-3-4-16-39(58-31(2)62)48(68)59-40-19-20-46(66)55-23-21-34(44(64)29-35(47(52)67)26-36-30-57-38-17-9-8-15-37(36)38)27-43(63)33(14-10-22-56-51(53)54)28-45(65)41(25-32-12-6-5-7-13-32)60-49(69)42-18-11-24-61(42)50(40)70/h5-9,12-13,15,17,30,33-35,39-42,57H,3-4,10-11,14,16,18-29H2,1-2H3,(H2,52,67)(H,55,66)(H,58,62)(H,59,68)(H,60,69)(H4,53,54,56)/t33-,34-,35-,39+,40+,41-,42-/m1/s1. The van der Waals surface area contributed by atoms with Crippen molar-refractivity contribution in [3.63, 3.8) is 0 Å². The minimum atomic E-state index is -1.28. The minimum Gasteiger partial charge on any atom is -0.370 e. The Morgan fingerprint density at radius 2 is 1.64 bits per heavy atom. The zero-order valence-electron chi connectivity index (χ0n) is 40.3. The Bertz CT molecular complexity index is 2360. The summed E-state index contributed by atoms with van der Waals surface area (Å²) in [5.41, 5.74) is 19.4. The zero-order valence-corrected chi connectivity index (χ0v) is 40.3. The van der Waals surface area contributed by atoms with Crippen LogP contribution in [0.3, 0.4) is 0 Å². The van der Waals surface area contributed by atoms with Crippen LogP contribution in [0.2, 0.25) is 0 Å². The highest BCUT2D eigenvalue weighted by Crippen LogP contribution is 2.28. The Kier molecular flexibility index (Phi) is 20.6. The summed E-state index contributed by atoms with van der Waals surface area (Å²) in [7, 11) is 0.